The maximum atomic E-state index is 15.9. The fourth-order valence-electron chi connectivity index (χ4n) is 17.6. The summed E-state index contributed by atoms with van der Waals surface area (Å²) in [6, 6.07) is 0. The Kier molecular flexibility index (Phi) is 31.3. The normalized spacial score (nSPS) is 37.6. The van der Waals surface area contributed by atoms with Gasteiger partial charge in [-0.1, -0.05) is 6.58 Å². The van der Waals surface area contributed by atoms with E-state index in [1.54, 1.807) is 125 Å². The van der Waals surface area contributed by atoms with Crippen molar-refractivity contribution in [1.29, 1.82) is 0 Å². The van der Waals surface area contributed by atoms with Crippen molar-refractivity contribution in [2.24, 2.45) is 0 Å². The Morgan fingerprint density at radius 2 is 0.651 bits per heavy atom. The van der Waals surface area contributed by atoms with E-state index in [0.717, 1.165) is 13.8 Å². The van der Waals surface area contributed by atoms with Crippen LogP contribution in [0.1, 0.15) is 180 Å². The van der Waals surface area contributed by atoms with Crippen LogP contribution in [0.15, 0.2) is 50.0 Å². The van der Waals surface area contributed by atoms with E-state index in [1.807, 2.05) is 0 Å². The number of hydrogen-bond acceptors (Lipinski definition) is 46. The first-order valence-electron chi connectivity index (χ1n) is 46.1. The highest BCUT2D eigenvalue weighted by Crippen LogP contribution is 2.69. The van der Waals surface area contributed by atoms with Crippen molar-refractivity contribution in [3.8, 4) is 23.5 Å². The summed E-state index contributed by atoms with van der Waals surface area (Å²) in [6.07, 6.45) is -9.97. The third-order valence-corrected chi connectivity index (χ3v) is 31.3. The zero-order chi connectivity index (χ0) is 107. The van der Waals surface area contributed by atoms with Gasteiger partial charge in [0, 0.05) is 12.3 Å². The van der Waals surface area contributed by atoms with E-state index in [4.69, 9.17) is 110 Å². The minimum absolute atomic E-state index is 0.137. The van der Waals surface area contributed by atoms with Crippen molar-refractivity contribution in [2.75, 3.05) is 66.1 Å². The Hall–Kier alpha value is -8.11. The van der Waals surface area contributed by atoms with E-state index in [-0.39, 0.29) is 63.0 Å². The van der Waals surface area contributed by atoms with Crippen LogP contribution in [0.4, 0.5) is 30.7 Å². The zero-order valence-electron chi connectivity index (χ0n) is 83.5. The van der Waals surface area contributed by atoms with Gasteiger partial charge in [-0.15, -0.1) is 0 Å². The molecule has 11 aliphatic rings. The van der Waals surface area contributed by atoms with E-state index in [2.05, 4.69) is 71.7 Å². The molecular formula is C83H116F7N18O33P5. The molecule has 0 saturated carbocycles. The lowest BCUT2D eigenvalue weighted by Gasteiger charge is -2.41. The Bertz CT molecular complexity index is 5870. The molecule has 4 N–H and O–H groups in total. The molecule has 1 unspecified atom stereocenters. The van der Waals surface area contributed by atoms with Gasteiger partial charge < -0.3 is 68.2 Å². The molecule has 8 aromatic heterocycles. The van der Waals surface area contributed by atoms with Gasteiger partial charge in [0.05, 0.1) is 88.9 Å². The second-order valence-corrected chi connectivity index (χ2v) is 45.3. The summed E-state index contributed by atoms with van der Waals surface area (Å²) in [5.74, 6) is -8.30. The monoisotopic (exact) mass is 2180 g/mol. The fourth-order valence-corrected chi connectivity index (χ4v) is 25.9. The van der Waals surface area contributed by atoms with E-state index in [1.165, 1.54) is 81.5 Å². The second-order valence-electron chi connectivity index (χ2n) is 37.5. The molecule has 25 atom stereocenters. The van der Waals surface area contributed by atoms with E-state index >= 15 is 26.3 Å². The standard InChI is InChI=1S/2C17H23F2N4O6P.2C17H24FN4O7P.C15H22FN2O7P/c2*1-6-25-13-11-12(21-10(4)22-13)23(8-20-11)15-16(5,18)14-17(19,27-15)7-26-30(24,29-14)28-9(2)3;2*1-6-25-13-11-12(20-10(4)21-13)22(8-19-11)15-16(5,23)14-17(18,27-15)7-26-30(24,29-14)28-9(2)3;1-9(2)24-26(21)22-8-15(7-16)12(25-26)14(4,20)13(23-15)18-6-5-11(19)17-10(18)3/h2*8-9,14-15H,6-7H2,1-5H3;2*8-9,14-15,23H,6-7H2,1-5H3;5-6,9,12-13,20H,3,7-8H2,1-2,4H3,(H,17,19)/t14-,15+,16+,17+,30+;14-,15+,16+,17+,30-;14-,15+,16+,17+,30+;14-,15+,16+,17+,30-;12-,13+,14+,15+,26?/m00000/s1. The van der Waals surface area contributed by atoms with Crippen molar-refractivity contribution in [3.63, 3.8) is 0 Å². The molecule has 11 aliphatic heterocycles. The zero-order valence-corrected chi connectivity index (χ0v) is 87.9. The molecule has 51 nitrogen and oxygen atoms in total. The highest BCUT2D eigenvalue weighted by atomic mass is 31.2. The minimum atomic E-state index is -4.17. The number of hydrogen-bond donors (Lipinski definition) is 4. The number of halogens is 7. The second kappa shape index (κ2) is 40.8. The van der Waals surface area contributed by atoms with Gasteiger partial charge in [0.25, 0.3) is 29.3 Å². The number of nitrogens with one attached hydrogen (secondary N) is 1. The van der Waals surface area contributed by atoms with Gasteiger partial charge in [-0.05, 0) is 159 Å². The molecule has 0 aliphatic carbocycles. The number of rotatable bonds is 24. The molecule has 19 heterocycles. The van der Waals surface area contributed by atoms with Gasteiger partial charge in [-0.25, -0.2) is 93.4 Å². The number of imidazole rings is 4. The minimum Gasteiger partial charge on any atom is -0.476 e. The van der Waals surface area contributed by atoms with Crippen LogP contribution in [-0.4, -0.2) is 295 Å². The molecule has 0 spiro atoms. The molecule has 0 aromatic carbocycles. The van der Waals surface area contributed by atoms with Crippen LogP contribution < -0.4 is 24.3 Å². The van der Waals surface area contributed by atoms with Crippen molar-refractivity contribution in [1.82, 2.24) is 88.3 Å². The van der Waals surface area contributed by atoms with E-state index in [0.29, 0.717) is 60.8 Å². The average molecular weight is 2180 g/mol. The van der Waals surface area contributed by atoms with Crippen molar-refractivity contribution >= 4 is 89.7 Å². The summed E-state index contributed by atoms with van der Waals surface area (Å²) in [6.45, 7) is 36.7. The summed E-state index contributed by atoms with van der Waals surface area (Å²) < 4.78 is 304. The first kappa shape index (κ1) is 112. The number of fused-ring (bicyclic) bond motifs is 9. The number of carbonyl (C=O) groups is 1. The van der Waals surface area contributed by atoms with Crippen LogP contribution in [0.2, 0.25) is 0 Å². The smallest absolute Gasteiger partial charge is 0.475 e. The lowest BCUT2D eigenvalue weighted by atomic mass is 9.88. The van der Waals surface area contributed by atoms with Crippen LogP contribution in [0.25, 0.3) is 44.7 Å². The number of carbonyl (C=O) groups excluding carboxylic acids is 1. The fraction of sp³-hybridized carbons (Fsp3) is 0.699. The highest BCUT2D eigenvalue weighted by Gasteiger charge is 2.76. The molecule has 10 fully saturated rings. The summed E-state index contributed by atoms with van der Waals surface area (Å²) in [5.41, 5.74) is -10.2. The number of nitrogens with zero attached hydrogens (tertiary/aromatic N) is 17. The number of aromatic nitrogens is 16. The van der Waals surface area contributed by atoms with Gasteiger partial charge >= 0.3 is 39.1 Å². The van der Waals surface area contributed by atoms with Crippen molar-refractivity contribution in [2.45, 2.75) is 309 Å². The van der Waals surface area contributed by atoms with Crippen LogP contribution in [0.5, 0.6) is 23.5 Å². The van der Waals surface area contributed by atoms with E-state index in [9.17, 15) is 47.3 Å². The SMILES string of the molecule is C=C1NC(=O)C=CN1[C@@H]1O[C@]2(CF)COP(=O)(OC(C)C)O[C@H]2[C@@]1(C)O.CCOc1nc(C)nc2c1ncn2[C@@H]1O[C@]2(F)CO[P@@](=O)(OC(C)C)O[C@H]2[C@@]1(C)F.CCOc1nc(C)nc2c1ncn2[C@@H]1O[C@]2(F)CO[P@@](=O)(OC(C)C)O[C@H]2[C@@]1(C)O.CCOc1nc(C)nc2c1ncn2[C@@H]1O[C@]2(F)CO[P@](=O)(OC(C)C)O[C@H]2[C@@]1(C)F.CCOc1nc(C)nc2c1ncn2[C@@H]1O[C@]2(F)CO[P@](=O)(OC(C)C)O[C@H]2[C@@]1(C)O. The Morgan fingerprint density at radius 3 is 0.925 bits per heavy atom. The van der Waals surface area contributed by atoms with Gasteiger partial charge in [0.15, 0.2) is 117 Å². The summed E-state index contributed by atoms with van der Waals surface area (Å²) in [4.78, 5) is 63.7. The maximum absolute atomic E-state index is 15.9. The average Bonchev–Trinajstić information content (AvgIpc) is 1.56. The first-order chi connectivity index (χ1) is 68.0. The van der Waals surface area contributed by atoms with Crippen LogP contribution in [0, 0.1) is 27.7 Å². The molecule has 63 heteroatoms. The number of phosphoric ester groups is 5. The molecule has 0 bridgehead atoms. The van der Waals surface area contributed by atoms with Crippen LogP contribution in [-0.2, 0) is 119 Å². The van der Waals surface area contributed by atoms with Gasteiger partial charge in [-0.2, -0.15) is 19.9 Å². The van der Waals surface area contributed by atoms with Crippen LogP contribution >= 0.6 is 39.1 Å². The quantitative estimate of drug-likeness (QED) is 0.0322. The molecule has 0 radical (unpaired) electrons. The number of ether oxygens (including phenoxy) is 9. The van der Waals surface area contributed by atoms with Gasteiger partial charge in [-0.3, -0.25) is 90.9 Å². The number of aliphatic hydroxyl groups is 3. The summed E-state index contributed by atoms with van der Waals surface area (Å²) in [7, 11) is -20.5. The molecule has 8 aromatic rings. The van der Waals surface area contributed by atoms with E-state index < -0.39 is 234 Å². The first-order valence-corrected chi connectivity index (χ1v) is 53.4. The molecule has 1 amide bonds. The molecule has 10 saturated heterocycles. The Labute approximate surface area is 830 Å². The number of phosphoric acid groups is 5. The summed E-state index contributed by atoms with van der Waals surface area (Å²) in [5, 5.41) is 36.0. The maximum Gasteiger partial charge on any atom is 0.475 e. The lowest BCUT2D eigenvalue weighted by molar-refractivity contribution is -0.220. The molecular weight excluding hydrogens is 2060 g/mol. The van der Waals surface area contributed by atoms with Gasteiger partial charge in [0.2, 0.25) is 23.5 Å². The summed E-state index contributed by atoms with van der Waals surface area (Å²) >= 11 is 0. The van der Waals surface area contributed by atoms with Crippen LogP contribution in [0.3, 0.4) is 0 Å². The van der Waals surface area contributed by atoms with Gasteiger partial charge in [0.1, 0.15) is 85.1 Å². The highest BCUT2D eigenvalue weighted by molar-refractivity contribution is 7.49. The number of aryl methyl sites for hydroxylation is 4. The number of alkyl halides is 7. The molecule has 19 rings (SSSR count). The van der Waals surface area contributed by atoms with Crippen molar-refractivity contribution < 1.29 is 184 Å². The number of amides is 1. The third-order valence-electron chi connectivity index (χ3n) is 23.3. The largest absolute Gasteiger partial charge is 0.476 e. The Balaban J connectivity index is 0.000000137. The Morgan fingerprint density at radius 1 is 0.397 bits per heavy atom. The predicted molar refractivity (Wildman–Crippen MR) is 487 cm³/mol. The molecule has 810 valence electrons. The third kappa shape index (κ3) is 21.4. The predicted octanol–water partition coefficient (Wildman–Crippen LogP) is 12.8. The van der Waals surface area contributed by atoms with Crippen molar-refractivity contribution in [3.05, 3.63) is 73.3 Å². The lowest BCUT2D eigenvalue weighted by Crippen LogP contribution is -2.58. The topological polar surface area (TPSA) is 574 Å². The molecule has 146 heavy (non-hydrogen) atoms.